The SMILES string of the molecule is CNC1CCN(C(=O)Cc2csc(Cc3ccc(F)cc3)n2)CC1. The fourth-order valence-electron chi connectivity index (χ4n) is 2.97. The van der Waals surface area contributed by atoms with Gasteiger partial charge in [-0.2, -0.15) is 0 Å². The van der Waals surface area contributed by atoms with Crippen molar-refractivity contribution in [2.24, 2.45) is 0 Å². The van der Waals surface area contributed by atoms with E-state index in [9.17, 15) is 9.18 Å². The summed E-state index contributed by atoms with van der Waals surface area (Å²) >= 11 is 1.56. The first-order valence-corrected chi connectivity index (χ1v) is 9.15. The standard InChI is InChI=1S/C18H22FN3OS/c1-20-15-6-8-22(9-7-15)18(23)11-16-12-24-17(21-16)10-13-2-4-14(19)5-3-13/h2-5,12,15,20H,6-11H2,1H3. The average molecular weight is 347 g/mol. The van der Waals surface area contributed by atoms with Crippen LogP contribution in [0.5, 0.6) is 0 Å². The number of carbonyl (C=O) groups excluding carboxylic acids is 1. The lowest BCUT2D eigenvalue weighted by Crippen LogP contribution is -2.44. The highest BCUT2D eigenvalue weighted by atomic mass is 32.1. The van der Waals surface area contributed by atoms with Crippen molar-refractivity contribution in [2.45, 2.75) is 31.7 Å². The van der Waals surface area contributed by atoms with Gasteiger partial charge < -0.3 is 10.2 Å². The topological polar surface area (TPSA) is 45.2 Å². The lowest BCUT2D eigenvalue weighted by Gasteiger charge is -2.31. The molecular formula is C18H22FN3OS. The first-order valence-electron chi connectivity index (χ1n) is 8.27. The number of nitrogens with zero attached hydrogens (tertiary/aromatic N) is 2. The molecule has 24 heavy (non-hydrogen) atoms. The summed E-state index contributed by atoms with van der Waals surface area (Å²) in [5.41, 5.74) is 1.86. The summed E-state index contributed by atoms with van der Waals surface area (Å²) in [5.74, 6) is -0.0746. The van der Waals surface area contributed by atoms with Crippen molar-refractivity contribution in [1.82, 2.24) is 15.2 Å². The monoisotopic (exact) mass is 347 g/mol. The molecule has 0 aliphatic carbocycles. The predicted molar refractivity (Wildman–Crippen MR) is 93.7 cm³/mol. The number of amides is 1. The number of nitrogens with one attached hydrogen (secondary N) is 1. The molecule has 1 fully saturated rings. The molecule has 1 saturated heterocycles. The Kier molecular flexibility index (Phi) is 5.58. The van der Waals surface area contributed by atoms with E-state index in [1.165, 1.54) is 12.1 Å². The zero-order valence-electron chi connectivity index (χ0n) is 13.8. The number of halogens is 1. The van der Waals surface area contributed by atoms with E-state index in [4.69, 9.17) is 0 Å². The molecule has 0 bridgehead atoms. The Bertz CT molecular complexity index is 678. The second kappa shape index (κ2) is 7.85. The third-order valence-corrected chi connectivity index (χ3v) is 5.35. The molecule has 1 aliphatic heterocycles. The number of piperidine rings is 1. The van der Waals surface area contributed by atoms with Crippen LogP contribution in [0, 0.1) is 5.82 Å². The molecule has 2 heterocycles. The highest BCUT2D eigenvalue weighted by Gasteiger charge is 2.22. The van der Waals surface area contributed by atoms with Crippen LogP contribution >= 0.6 is 11.3 Å². The van der Waals surface area contributed by atoms with E-state index in [0.29, 0.717) is 18.9 Å². The quantitative estimate of drug-likeness (QED) is 0.904. The molecule has 2 aromatic rings. The maximum absolute atomic E-state index is 12.9. The van der Waals surface area contributed by atoms with Gasteiger partial charge in [0.05, 0.1) is 17.1 Å². The van der Waals surface area contributed by atoms with E-state index in [2.05, 4.69) is 10.3 Å². The number of carbonyl (C=O) groups is 1. The van der Waals surface area contributed by atoms with Crippen LogP contribution in [0.4, 0.5) is 4.39 Å². The highest BCUT2D eigenvalue weighted by molar-refractivity contribution is 7.09. The smallest absolute Gasteiger partial charge is 0.228 e. The summed E-state index contributed by atoms with van der Waals surface area (Å²) in [7, 11) is 1.97. The van der Waals surface area contributed by atoms with Gasteiger partial charge in [-0.25, -0.2) is 9.37 Å². The average Bonchev–Trinajstić information content (AvgIpc) is 3.04. The lowest BCUT2D eigenvalue weighted by atomic mass is 10.0. The number of hydrogen-bond donors (Lipinski definition) is 1. The van der Waals surface area contributed by atoms with Gasteiger partial charge in [0.15, 0.2) is 0 Å². The number of aromatic nitrogens is 1. The van der Waals surface area contributed by atoms with Crippen molar-refractivity contribution in [3.8, 4) is 0 Å². The van der Waals surface area contributed by atoms with Gasteiger partial charge in [0.2, 0.25) is 5.91 Å². The third-order valence-electron chi connectivity index (χ3n) is 4.46. The zero-order valence-corrected chi connectivity index (χ0v) is 14.6. The molecular weight excluding hydrogens is 325 g/mol. The Morgan fingerprint density at radius 2 is 2.04 bits per heavy atom. The van der Waals surface area contributed by atoms with Gasteiger partial charge in [-0.1, -0.05) is 12.1 Å². The molecule has 0 spiro atoms. The number of likely N-dealkylation sites (tertiary alicyclic amines) is 1. The van der Waals surface area contributed by atoms with Crippen LogP contribution in [0.3, 0.4) is 0 Å². The number of rotatable bonds is 5. The number of benzene rings is 1. The van der Waals surface area contributed by atoms with Gasteiger partial charge in [0, 0.05) is 30.9 Å². The maximum atomic E-state index is 12.9. The van der Waals surface area contributed by atoms with Crippen LogP contribution in [0.2, 0.25) is 0 Å². The van der Waals surface area contributed by atoms with Crippen LogP contribution in [0.25, 0.3) is 0 Å². The predicted octanol–water partition coefficient (Wildman–Crippen LogP) is 2.63. The van der Waals surface area contributed by atoms with Crippen LogP contribution in [0.15, 0.2) is 29.6 Å². The van der Waals surface area contributed by atoms with Crippen molar-refractivity contribution in [3.63, 3.8) is 0 Å². The van der Waals surface area contributed by atoms with E-state index in [0.717, 1.165) is 42.2 Å². The van der Waals surface area contributed by atoms with E-state index in [1.54, 1.807) is 23.5 Å². The maximum Gasteiger partial charge on any atom is 0.228 e. The van der Waals surface area contributed by atoms with Crippen LogP contribution in [0.1, 0.15) is 29.1 Å². The van der Waals surface area contributed by atoms with Crippen LogP contribution < -0.4 is 5.32 Å². The molecule has 3 rings (SSSR count). The Morgan fingerprint density at radius 1 is 1.33 bits per heavy atom. The molecule has 0 saturated carbocycles. The van der Waals surface area contributed by atoms with E-state index >= 15 is 0 Å². The molecule has 128 valence electrons. The molecule has 1 aromatic carbocycles. The largest absolute Gasteiger partial charge is 0.342 e. The Hall–Kier alpha value is -1.79. The lowest BCUT2D eigenvalue weighted by molar-refractivity contribution is -0.131. The van der Waals surface area contributed by atoms with Crippen molar-refractivity contribution in [1.29, 1.82) is 0 Å². The van der Waals surface area contributed by atoms with Crippen molar-refractivity contribution in [3.05, 3.63) is 51.7 Å². The van der Waals surface area contributed by atoms with Gasteiger partial charge in [-0.15, -0.1) is 11.3 Å². The summed E-state index contributed by atoms with van der Waals surface area (Å²) < 4.78 is 12.9. The van der Waals surface area contributed by atoms with E-state index < -0.39 is 0 Å². The molecule has 1 aromatic heterocycles. The second-order valence-electron chi connectivity index (χ2n) is 6.16. The fourth-order valence-corrected chi connectivity index (χ4v) is 3.80. The minimum atomic E-state index is -0.230. The molecule has 1 amide bonds. The third kappa shape index (κ3) is 4.39. The first kappa shape index (κ1) is 17.0. The summed E-state index contributed by atoms with van der Waals surface area (Å²) in [4.78, 5) is 18.9. The molecule has 1 N–H and O–H groups in total. The Labute approximate surface area is 145 Å². The molecule has 6 heteroatoms. The van der Waals surface area contributed by atoms with E-state index in [1.807, 2.05) is 17.3 Å². The minimum absolute atomic E-state index is 0.156. The number of hydrogen-bond acceptors (Lipinski definition) is 4. The Balaban J connectivity index is 1.54. The summed E-state index contributed by atoms with van der Waals surface area (Å²) in [6.07, 6.45) is 3.06. The normalized spacial score (nSPS) is 15.7. The first-order chi connectivity index (χ1) is 11.6. The fraction of sp³-hybridized carbons (Fsp3) is 0.444. The van der Waals surface area contributed by atoms with Gasteiger partial charge in [-0.05, 0) is 37.6 Å². The van der Waals surface area contributed by atoms with Crippen molar-refractivity contribution >= 4 is 17.2 Å². The minimum Gasteiger partial charge on any atom is -0.342 e. The van der Waals surface area contributed by atoms with Gasteiger partial charge in [-0.3, -0.25) is 4.79 Å². The Morgan fingerprint density at radius 3 is 2.71 bits per heavy atom. The second-order valence-corrected chi connectivity index (χ2v) is 7.10. The van der Waals surface area contributed by atoms with Gasteiger partial charge in [0.1, 0.15) is 5.82 Å². The summed E-state index contributed by atoms with van der Waals surface area (Å²) in [5, 5.41) is 6.18. The van der Waals surface area contributed by atoms with Crippen LogP contribution in [-0.2, 0) is 17.6 Å². The van der Waals surface area contributed by atoms with Gasteiger partial charge >= 0.3 is 0 Å². The summed E-state index contributed by atoms with van der Waals surface area (Å²) in [6, 6.07) is 6.99. The van der Waals surface area contributed by atoms with Crippen molar-refractivity contribution in [2.75, 3.05) is 20.1 Å². The van der Waals surface area contributed by atoms with Crippen LogP contribution in [-0.4, -0.2) is 42.0 Å². The summed E-state index contributed by atoms with van der Waals surface area (Å²) in [6.45, 7) is 1.63. The molecule has 0 atom stereocenters. The zero-order chi connectivity index (χ0) is 16.9. The number of thiazole rings is 1. The molecule has 4 nitrogen and oxygen atoms in total. The van der Waals surface area contributed by atoms with E-state index in [-0.39, 0.29) is 11.7 Å². The molecule has 0 unspecified atom stereocenters. The molecule has 1 aliphatic rings. The van der Waals surface area contributed by atoms with Crippen molar-refractivity contribution < 1.29 is 9.18 Å². The highest BCUT2D eigenvalue weighted by Crippen LogP contribution is 2.17. The molecule has 0 radical (unpaired) electrons. The van der Waals surface area contributed by atoms with Gasteiger partial charge in [0.25, 0.3) is 0 Å².